The summed E-state index contributed by atoms with van der Waals surface area (Å²) in [6.07, 6.45) is 2.18. The molecule has 0 bridgehead atoms. The topological polar surface area (TPSA) is 67.1 Å². The van der Waals surface area contributed by atoms with Crippen molar-refractivity contribution in [1.29, 1.82) is 0 Å². The molecule has 1 heterocycles. The molecule has 1 aromatic rings. The van der Waals surface area contributed by atoms with Gasteiger partial charge in [0.1, 0.15) is 4.88 Å². The van der Waals surface area contributed by atoms with Crippen molar-refractivity contribution in [2.24, 2.45) is 0 Å². The summed E-state index contributed by atoms with van der Waals surface area (Å²) >= 11 is 1.42. The molecule has 5 heteroatoms. The largest absolute Gasteiger partial charge is 0.397 e. The fourth-order valence-electron chi connectivity index (χ4n) is 1.42. The lowest BCUT2D eigenvalue weighted by atomic mass is 10.3. The Bertz CT molecular complexity index is 396. The third-order valence-corrected chi connectivity index (χ3v) is 3.39. The molecule has 1 fully saturated rings. The Kier molecular flexibility index (Phi) is 3.05. The summed E-state index contributed by atoms with van der Waals surface area (Å²) in [6, 6.07) is 2.54. The highest BCUT2D eigenvalue weighted by atomic mass is 32.1. The van der Waals surface area contributed by atoms with Gasteiger partial charge in [0, 0.05) is 12.1 Å². The molecule has 0 aromatic carbocycles. The van der Waals surface area contributed by atoms with Crippen molar-refractivity contribution in [2.75, 3.05) is 11.1 Å². The van der Waals surface area contributed by atoms with Gasteiger partial charge in [-0.2, -0.15) is 0 Å². The van der Waals surface area contributed by atoms with Crippen LogP contribution in [-0.2, 0) is 0 Å². The maximum absolute atomic E-state index is 11.8. The number of nitrogen functional groups attached to an aromatic ring is 1. The van der Waals surface area contributed by atoms with E-state index < -0.39 is 0 Å². The van der Waals surface area contributed by atoms with Crippen molar-refractivity contribution in [3.63, 3.8) is 0 Å². The SMILES string of the molecule is CC(C)Nc1cc(N)c(C(=O)NC2CC2)s1. The minimum Gasteiger partial charge on any atom is -0.397 e. The summed E-state index contributed by atoms with van der Waals surface area (Å²) in [4.78, 5) is 12.4. The lowest BCUT2D eigenvalue weighted by molar-refractivity contribution is 0.0956. The zero-order valence-electron chi connectivity index (χ0n) is 9.54. The Morgan fingerprint density at radius 1 is 1.56 bits per heavy atom. The fourth-order valence-corrected chi connectivity index (χ4v) is 2.45. The van der Waals surface area contributed by atoms with Crippen LogP contribution in [0.2, 0.25) is 0 Å². The zero-order chi connectivity index (χ0) is 11.7. The maximum atomic E-state index is 11.8. The summed E-state index contributed by atoms with van der Waals surface area (Å²) in [6.45, 7) is 4.11. The molecule has 0 radical (unpaired) electrons. The summed E-state index contributed by atoms with van der Waals surface area (Å²) in [5, 5.41) is 7.14. The number of carbonyl (C=O) groups excluding carboxylic acids is 1. The highest BCUT2D eigenvalue weighted by Crippen LogP contribution is 2.30. The Hall–Kier alpha value is -1.23. The minimum atomic E-state index is -0.0400. The number of carbonyl (C=O) groups is 1. The lowest BCUT2D eigenvalue weighted by Gasteiger charge is -2.05. The first-order valence-corrected chi connectivity index (χ1v) is 6.34. The van der Waals surface area contributed by atoms with Gasteiger partial charge in [-0.1, -0.05) is 0 Å². The molecule has 0 saturated heterocycles. The highest BCUT2D eigenvalue weighted by molar-refractivity contribution is 7.18. The smallest absolute Gasteiger partial charge is 0.263 e. The van der Waals surface area contributed by atoms with E-state index in [1.807, 2.05) is 6.07 Å². The second-order valence-corrected chi connectivity index (χ2v) is 5.49. The standard InChI is InChI=1S/C11H17N3OS/c1-6(2)13-9-5-8(12)10(16-9)11(15)14-7-3-4-7/h5-7,13H,3-4,12H2,1-2H3,(H,14,15). The second kappa shape index (κ2) is 4.33. The summed E-state index contributed by atoms with van der Waals surface area (Å²) < 4.78 is 0. The van der Waals surface area contributed by atoms with Gasteiger partial charge in [0.2, 0.25) is 0 Å². The van der Waals surface area contributed by atoms with Crippen LogP contribution in [0.3, 0.4) is 0 Å². The molecular formula is C11H17N3OS. The van der Waals surface area contributed by atoms with E-state index in [2.05, 4.69) is 24.5 Å². The molecule has 1 aliphatic carbocycles. The van der Waals surface area contributed by atoms with E-state index >= 15 is 0 Å². The van der Waals surface area contributed by atoms with Gasteiger partial charge in [0.05, 0.1) is 10.7 Å². The predicted octanol–water partition coefficient (Wildman–Crippen LogP) is 2.04. The molecule has 88 valence electrons. The summed E-state index contributed by atoms with van der Waals surface area (Å²) in [5.74, 6) is -0.0400. The number of thiophene rings is 1. The average Bonchev–Trinajstić information content (AvgIpc) is 2.89. The van der Waals surface area contributed by atoms with Crippen LogP contribution in [0.25, 0.3) is 0 Å². The van der Waals surface area contributed by atoms with Crippen LogP contribution in [0.5, 0.6) is 0 Å². The Morgan fingerprint density at radius 3 is 2.81 bits per heavy atom. The summed E-state index contributed by atoms with van der Waals surface area (Å²) in [7, 11) is 0. The van der Waals surface area contributed by atoms with E-state index in [0.29, 0.717) is 22.6 Å². The first kappa shape index (κ1) is 11.3. The number of hydrogen-bond donors (Lipinski definition) is 3. The number of nitrogens with two attached hydrogens (primary N) is 1. The second-order valence-electron chi connectivity index (χ2n) is 4.44. The number of rotatable bonds is 4. The fraction of sp³-hybridized carbons (Fsp3) is 0.545. The number of nitrogens with one attached hydrogen (secondary N) is 2. The average molecular weight is 239 g/mol. The van der Waals surface area contributed by atoms with Crippen LogP contribution in [0, 0.1) is 0 Å². The maximum Gasteiger partial charge on any atom is 0.263 e. The van der Waals surface area contributed by atoms with Crippen LogP contribution in [0.15, 0.2) is 6.07 Å². The lowest BCUT2D eigenvalue weighted by Crippen LogP contribution is -2.25. The Morgan fingerprint density at radius 2 is 2.25 bits per heavy atom. The van der Waals surface area contributed by atoms with Gasteiger partial charge in [0.15, 0.2) is 0 Å². The van der Waals surface area contributed by atoms with Crippen LogP contribution in [0.1, 0.15) is 36.4 Å². The normalized spacial score (nSPS) is 15.2. The van der Waals surface area contributed by atoms with Crippen molar-refractivity contribution in [2.45, 2.75) is 38.8 Å². The Balaban J connectivity index is 2.07. The first-order chi connectivity index (χ1) is 7.56. The third kappa shape index (κ3) is 2.66. The molecule has 4 nitrogen and oxygen atoms in total. The highest BCUT2D eigenvalue weighted by Gasteiger charge is 2.25. The first-order valence-electron chi connectivity index (χ1n) is 5.53. The van der Waals surface area contributed by atoms with Gasteiger partial charge >= 0.3 is 0 Å². The van der Waals surface area contributed by atoms with Gasteiger partial charge in [-0.25, -0.2) is 0 Å². The van der Waals surface area contributed by atoms with E-state index in [1.54, 1.807) is 0 Å². The third-order valence-electron chi connectivity index (χ3n) is 2.31. The van der Waals surface area contributed by atoms with Gasteiger partial charge in [-0.15, -0.1) is 11.3 Å². The Labute approximate surface area is 99.2 Å². The molecule has 2 rings (SSSR count). The molecule has 16 heavy (non-hydrogen) atoms. The molecule has 1 saturated carbocycles. The van der Waals surface area contributed by atoms with Crippen molar-refractivity contribution in [1.82, 2.24) is 5.32 Å². The molecule has 0 atom stereocenters. The van der Waals surface area contributed by atoms with Crippen LogP contribution >= 0.6 is 11.3 Å². The van der Waals surface area contributed by atoms with Gasteiger partial charge < -0.3 is 16.4 Å². The number of hydrogen-bond acceptors (Lipinski definition) is 4. The van der Waals surface area contributed by atoms with Crippen molar-refractivity contribution >= 4 is 27.9 Å². The molecule has 4 N–H and O–H groups in total. The van der Waals surface area contributed by atoms with E-state index in [4.69, 9.17) is 5.73 Å². The predicted molar refractivity (Wildman–Crippen MR) is 68.0 cm³/mol. The van der Waals surface area contributed by atoms with Crippen LogP contribution in [-0.4, -0.2) is 18.0 Å². The molecule has 1 amide bonds. The molecular weight excluding hydrogens is 222 g/mol. The number of amides is 1. The van der Waals surface area contributed by atoms with E-state index in [9.17, 15) is 4.79 Å². The van der Waals surface area contributed by atoms with E-state index in [0.717, 1.165) is 17.8 Å². The van der Waals surface area contributed by atoms with E-state index in [-0.39, 0.29) is 5.91 Å². The van der Waals surface area contributed by atoms with Crippen LogP contribution in [0.4, 0.5) is 10.7 Å². The van der Waals surface area contributed by atoms with Crippen molar-refractivity contribution in [3.05, 3.63) is 10.9 Å². The molecule has 0 spiro atoms. The molecule has 1 aliphatic rings. The van der Waals surface area contributed by atoms with Gasteiger partial charge in [0.25, 0.3) is 5.91 Å². The summed E-state index contributed by atoms with van der Waals surface area (Å²) in [5.41, 5.74) is 6.39. The quantitative estimate of drug-likeness (QED) is 0.753. The monoisotopic (exact) mass is 239 g/mol. The number of anilines is 2. The molecule has 0 aliphatic heterocycles. The van der Waals surface area contributed by atoms with E-state index in [1.165, 1.54) is 11.3 Å². The molecule has 1 aromatic heterocycles. The van der Waals surface area contributed by atoms with Gasteiger partial charge in [-0.3, -0.25) is 4.79 Å². The minimum absolute atomic E-state index is 0.0400. The van der Waals surface area contributed by atoms with Gasteiger partial charge in [-0.05, 0) is 32.8 Å². The zero-order valence-corrected chi connectivity index (χ0v) is 10.4. The van der Waals surface area contributed by atoms with Crippen molar-refractivity contribution < 1.29 is 4.79 Å². The van der Waals surface area contributed by atoms with Crippen LogP contribution < -0.4 is 16.4 Å². The van der Waals surface area contributed by atoms with Crippen molar-refractivity contribution in [3.8, 4) is 0 Å². The molecule has 0 unspecified atom stereocenters.